The summed E-state index contributed by atoms with van der Waals surface area (Å²) in [7, 11) is 0. The number of hydrogen-bond donors (Lipinski definition) is 2. The number of thiazole rings is 1. The molecule has 0 bridgehead atoms. The van der Waals surface area contributed by atoms with Crippen molar-refractivity contribution >= 4 is 63.5 Å². The standard InChI is InChI=1S/C55H59F3N6O7S2/c1-33(71-31-47(67)61-49(53(3,4)5)50(68)62-30-42(65)28-45(62)46(66)25-12-35-10-13-38(14-11-35)48-34(2)60-32-73-48)9-8-26-70-43-23-18-37(19-24-43)36-15-20-40(21-16-36)64-52(72)63(51(69)54(64,6)7)41-22-17-39(29-59)44(27-41)55(56,57)58/h10-11,13-24,27,32-33,42,45,49,65H,8-9,12,25-26,28,30-31H2,1-7H3,(H,61,67)/t33-,42-,45+,49-/m1/s1. The Morgan fingerprint density at radius 3 is 2.21 bits per heavy atom. The van der Waals surface area contributed by atoms with Gasteiger partial charge in [-0.2, -0.15) is 18.4 Å². The Balaban J connectivity index is 0.855. The Labute approximate surface area is 432 Å². The van der Waals surface area contributed by atoms with Gasteiger partial charge in [-0.15, -0.1) is 11.3 Å². The number of hydrogen-bond acceptors (Lipinski definition) is 11. The van der Waals surface area contributed by atoms with Gasteiger partial charge in [-0.3, -0.25) is 24.1 Å². The van der Waals surface area contributed by atoms with E-state index in [1.807, 2.05) is 101 Å². The van der Waals surface area contributed by atoms with Gasteiger partial charge in [0.2, 0.25) is 11.8 Å². The molecule has 4 aromatic carbocycles. The molecule has 3 amide bonds. The van der Waals surface area contributed by atoms with Crippen molar-refractivity contribution in [3.63, 3.8) is 0 Å². The predicted molar refractivity (Wildman–Crippen MR) is 278 cm³/mol. The van der Waals surface area contributed by atoms with E-state index in [1.165, 1.54) is 11.0 Å². The number of likely N-dealkylation sites (tertiary alicyclic amines) is 1. The highest BCUT2D eigenvalue weighted by molar-refractivity contribution is 7.81. The number of alkyl halides is 3. The second-order valence-corrected chi connectivity index (χ2v) is 21.3. The van der Waals surface area contributed by atoms with Gasteiger partial charge >= 0.3 is 6.18 Å². The first-order valence-electron chi connectivity index (χ1n) is 24.0. The van der Waals surface area contributed by atoms with Crippen LogP contribution in [0, 0.1) is 23.7 Å². The Morgan fingerprint density at radius 1 is 0.973 bits per heavy atom. The van der Waals surface area contributed by atoms with Gasteiger partial charge in [-0.25, -0.2) is 4.98 Å². The van der Waals surface area contributed by atoms with E-state index in [4.69, 9.17) is 21.7 Å². The van der Waals surface area contributed by atoms with E-state index in [9.17, 15) is 42.7 Å². The number of amides is 3. The lowest BCUT2D eigenvalue weighted by Crippen LogP contribution is -2.57. The highest BCUT2D eigenvalue weighted by atomic mass is 32.1. The van der Waals surface area contributed by atoms with E-state index >= 15 is 0 Å². The highest BCUT2D eigenvalue weighted by Crippen LogP contribution is 2.40. The van der Waals surface area contributed by atoms with Gasteiger partial charge < -0.3 is 29.7 Å². The number of nitrogens with zero attached hydrogens (tertiary/aromatic N) is 5. The molecule has 4 atom stereocenters. The van der Waals surface area contributed by atoms with Gasteiger partial charge in [0.15, 0.2) is 10.9 Å². The van der Waals surface area contributed by atoms with Crippen molar-refractivity contribution in [2.45, 2.75) is 117 Å². The van der Waals surface area contributed by atoms with Gasteiger partial charge in [0, 0.05) is 25.1 Å². The number of aliphatic hydroxyl groups is 1. The number of nitrogens with one attached hydrogen (secondary N) is 1. The number of benzene rings is 4. The number of ether oxygens (including phenoxy) is 2. The number of Topliss-reactive ketones (excluding diaryl/α,β-unsaturated/α-hetero) is 1. The number of carbonyl (C=O) groups is 4. The summed E-state index contributed by atoms with van der Waals surface area (Å²) in [6.07, 6.45) is -3.92. The summed E-state index contributed by atoms with van der Waals surface area (Å²) in [5, 5.41) is 22.7. The van der Waals surface area contributed by atoms with Crippen LogP contribution in [-0.4, -0.2) is 93.2 Å². The van der Waals surface area contributed by atoms with Crippen LogP contribution >= 0.6 is 23.6 Å². The number of rotatable bonds is 18. The lowest BCUT2D eigenvalue weighted by molar-refractivity contribution is -0.144. The van der Waals surface area contributed by atoms with Gasteiger partial charge in [-0.1, -0.05) is 69.3 Å². The van der Waals surface area contributed by atoms with E-state index in [-0.39, 0.29) is 48.7 Å². The van der Waals surface area contributed by atoms with Crippen LogP contribution in [0.25, 0.3) is 21.6 Å². The molecule has 1 aromatic heterocycles. The first-order valence-corrected chi connectivity index (χ1v) is 25.3. The smallest absolute Gasteiger partial charge is 0.417 e. The molecule has 2 fully saturated rings. The van der Waals surface area contributed by atoms with Crippen LogP contribution in [0.15, 0.2) is 96.5 Å². The first kappa shape index (κ1) is 54.3. The number of β-amino-alcohol motifs (C(OH)–C–C–N with tert-alkyl or cyclic N) is 1. The van der Waals surface area contributed by atoms with Crippen molar-refractivity contribution in [3.05, 3.63) is 119 Å². The molecule has 18 heteroatoms. The van der Waals surface area contributed by atoms with E-state index in [0.717, 1.165) is 49.9 Å². The Hall–Kier alpha value is -6.52. The average Bonchev–Trinajstić information content (AvgIpc) is 4.02. The maximum absolute atomic E-state index is 14.1. The molecule has 0 saturated carbocycles. The van der Waals surface area contributed by atoms with Crippen LogP contribution in [0.2, 0.25) is 0 Å². The molecule has 2 N–H and O–H groups in total. The van der Waals surface area contributed by atoms with Gasteiger partial charge in [0.1, 0.15) is 23.9 Å². The summed E-state index contributed by atoms with van der Waals surface area (Å²) in [5.74, 6) is -0.902. The lowest BCUT2D eigenvalue weighted by atomic mass is 9.85. The third-order valence-corrected chi connectivity index (χ3v) is 14.5. The molecule has 7 rings (SSSR count). The van der Waals surface area contributed by atoms with Crippen molar-refractivity contribution in [1.82, 2.24) is 15.2 Å². The summed E-state index contributed by atoms with van der Waals surface area (Å²) < 4.78 is 53.2. The molecule has 2 aliphatic heterocycles. The molecule has 2 saturated heterocycles. The minimum absolute atomic E-state index is 0.00147. The zero-order chi connectivity index (χ0) is 53.0. The number of aryl methyl sites for hydroxylation is 2. The zero-order valence-corrected chi connectivity index (χ0v) is 43.4. The summed E-state index contributed by atoms with van der Waals surface area (Å²) in [5.41, 5.74) is 3.41. The normalized spacial score (nSPS) is 17.6. The number of carbonyl (C=O) groups excluding carboxylic acids is 4. The van der Waals surface area contributed by atoms with Crippen molar-refractivity contribution in [2.75, 3.05) is 29.6 Å². The summed E-state index contributed by atoms with van der Waals surface area (Å²) in [6.45, 7) is 12.7. The molecule has 3 heterocycles. The third kappa shape index (κ3) is 12.5. The van der Waals surface area contributed by atoms with Crippen LogP contribution in [0.4, 0.5) is 24.5 Å². The average molecular weight is 1040 g/mol. The number of anilines is 2. The van der Waals surface area contributed by atoms with E-state index in [0.29, 0.717) is 37.3 Å². The van der Waals surface area contributed by atoms with E-state index < -0.39 is 64.2 Å². The van der Waals surface area contributed by atoms with Crippen LogP contribution in [0.3, 0.4) is 0 Å². The minimum Gasteiger partial charge on any atom is -0.494 e. The fourth-order valence-corrected chi connectivity index (χ4v) is 10.4. The number of ketones is 1. The van der Waals surface area contributed by atoms with Gasteiger partial charge in [-0.05, 0) is 129 Å². The molecule has 5 aromatic rings. The molecular formula is C55H59F3N6O7S2. The zero-order valence-electron chi connectivity index (χ0n) is 41.8. The molecule has 73 heavy (non-hydrogen) atoms. The highest BCUT2D eigenvalue weighted by Gasteiger charge is 2.51. The summed E-state index contributed by atoms with van der Waals surface area (Å²) in [6, 6.07) is 25.7. The maximum Gasteiger partial charge on any atom is 0.417 e. The molecule has 0 unspecified atom stereocenters. The number of aromatic nitrogens is 1. The van der Waals surface area contributed by atoms with Crippen LogP contribution in [0.5, 0.6) is 5.75 Å². The Morgan fingerprint density at radius 2 is 1.60 bits per heavy atom. The van der Waals surface area contributed by atoms with Crippen LogP contribution < -0.4 is 19.9 Å². The SMILES string of the molecule is Cc1ncsc1-c1ccc(CCC(=O)[C@@H]2C[C@@H](O)CN2C(=O)[C@@H](NC(=O)CO[C@H](C)CCCOc2ccc(-c3ccc(N4C(=S)N(c5ccc(C#N)c(C(F)(F)F)c5)C(=O)C4(C)C)cc3)cc2)C(C)(C)C)cc1. The molecule has 0 radical (unpaired) electrons. The summed E-state index contributed by atoms with van der Waals surface area (Å²) >= 11 is 7.25. The number of aliphatic hydroxyl groups excluding tert-OH is 1. The maximum atomic E-state index is 14.1. The number of nitriles is 1. The Kier molecular flexibility index (Phi) is 16.6. The minimum atomic E-state index is -4.81. The summed E-state index contributed by atoms with van der Waals surface area (Å²) in [4.78, 5) is 64.1. The fraction of sp³-hybridized carbons (Fsp3) is 0.400. The molecule has 0 aliphatic carbocycles. The van der Waals surface area contributed by atoms with Gasteiger partial charge in [0.05, 0.1) is 63.8 Å². The van der Waals surface area contributed by atoms with Crippen molar-refractivity contribution in [2.24, 2.45) is 5.41 Å². The molecule has 2 aliphatic rings. The first-order chi connectivity index (χ1) is 34.5. The molecule has 384 valence electrons. The molecule has 13 nitrogen and oxygen atoms in total. The lowest BCUT2D eigenvalue weighted by Gasteiger charge is -2.35. The van der Waals surface area contributed by atoms with Crippen molar-refractivity contribution in [1.29, 1.82) is 5.26 Å². The Bertz CT molecular complexity index is 2880. The van der Waals surface area contributed by atoms with Crippen molar-refractivity contribution in [3.8, 4) is 33.4 Å². The second kappa shape index (κ2) is 22.3. The third-order valence-electron chi connectivity index (χ3n) is 13.2. The van der Waals surface area contributed by atoms with Crippen LogP contribution in [-0.2, 0) is 36.5 Å². The number of thiocarbonyl (C=S) groups is 1. The van der Waals surface area contributed by atoms with Gasteiger partial charge in [0.25, 0.3) is 5.91 Å². The van der Waals surface area contributed by atoms with E-state index in [1.54, 1.807) is 48.3 Å². The molecular weight excluding hydrogens is 978 g/mol. The van der Waals surface area contributed by atoms with Crippen LogP contribution in [0.1, 0.15) is 89.6 Å². The monoisotopic (exact) mass is 1040 g/mol. The number of halogens is 3. The quantitative estimate of drug-likeness (QED) is 0.0634. The van der Waals surface area contributed by atoms with Crippen molar-refractivity contribution < 1.29 is 46.9 Å². The second-order valence-electron chi connectivity index (χ2n) is 20.0. The fourth-order valence-electron chi connectivity index (χ4n) is 9.08. The topological polar surface area (TPSA) is 165 Å². The molecule has 0 spiro atoms. The van der Waals surface area contributed by atoms with E-state index in [2.05, 4.69) is 10.3 Å². The largest absolute Gasteiger partial charge is 0.494 e. The predicted octanol–water partition coefficient (Wildman–Crippen LogP) is 9.85.